The third-order valence-electron chi connectivity index (χ3n) is 12.6. The summed E-state index contributed by atoms with van der Waals surface area (Å²) in [5.41, 5.74) is 23.8. The summed E-state index contributed by atoms with van der Waals surface area (Å²) < 4.78 is 0. The van der Waals surface area contributed by atoms with Crippen LogP contribution < -0.4 is 0 Å². The number of benzene rings is 8. The predicted molar refractivity (Wildman–Crippen MR) is 220 cm³/mol. The van der Waals surface area contributed by atoms with E-state index >= 15 is 0 Å². The molecule has 0 saturated heterocycles. The number of hydrogen-bond acceptors (Lipinski definition) is 0. The fourth-order valence-corrected chi connectivity index (χ4v) is 9.98. The standard InChI is InChI=1S/C52H38/c1-51(2)46-18-9-7-14-39(46)44-29-31(20-24-48(44)51)33-26-34(32-21-25-49-45(30-32)40-15-8-10-19-47(40)52(49,3)4)28-35(27-33)36-22-23-43-38-13-6-5-12-37(38)42-17-11-16-41(36)50(42)43/h5-30H,1-4H3. The molecule has 0 atom stereocenters. The van der Waals surface area contributed by atoms with Crippen molar-refractivity contribution in [2.24, 2.45) is 0 Å². The molecule has 52 heavy (non-hydrogen) atoms. The molecule has 0 fully saturated rings. The topological polar surface area (TPSA) is 0 Å². The summed E-state index contributed by atoms with van der Waals surface area (Å²) >= 11 is 0. The van der Waals surface area contributed by atoms with Gasteiger partial charge in [0.2, 0.25) is 0 Å². The molecule has 0 aliphatic heterocycles. The molecule has 3 aliphatic rings. The molecule has 246 valence electrons. The van der Waals surface area contributed by atoms with Crippen LogP contribution in [-0.2, 0) is 10.8 Å². The summed E-state index contributed by atoms with van der Waals surface area (Å²) in [5.74, 6) is 0. The summed E-state index contributed by atoms with van der Waals surface area (Å²) in [7, 11) is 0. The Morgan fingerprint density at radius 3 is 1.25 bits per heavy atom. The van der Waals surface area contributed by atoms with Crippen molar-refractivity contribution in [3.8, 4) is 77.9 Å². The molecule has 8 aromatic carbocycles. The van der Waals surface area contributed by atoms with Crippen LogP contribution in [0.15, 0.2) is 158 Å². The first-order chi connectivity index (χ1) is 25.3. The minimum atomic E-state index is -0.0197. The zero-order valence-electron chi connectivity index (χ0n) is 30.0. The number of rotatable bonds is 3. The highest BCUT2D eigenvalue weighted by molar-refractivity contribution is 6.18. The van der Waals surface area contributed by atoms with E-state index in [-0.39, 0.29) is 10.8 Å². The summed E-state index contributed by atoms with van der Waals surface area (Å²) in [5, 5.41) is 2.67. The van der Waals surface area contributed by atoms with E-state index in [1.54, 1.807) is 0 Å². The van der Waals surface area contributed by atoms with Crippen molar-refractivity contribution in [3.63, 3.8) is 0 Å². The Labute approximate surface area is 306 Å². The average molecular weight is 663 g/mol. The van der Waals surface area contributed by atoms with Gasteiger partial charge in [-0.1, -0.05) is 155 Å². The van der Waals surface area contributed by atoms with E-state index in [4.69, 9.17) is 0 Å². The monoisotopic (exact) mass is 662 g/mol. The van der Waals surface area contributed by atoms with Gasteiger partial charge < -0.3 is 0 Å². The fourth-order valence-electron chi connectivity index (χ4n) is 9.98. The molecule has 0 N–H and O–H groups in total. The fraction of sp³-hybridized carbons (Fsp3) is 0.115. The molecule has 0 saturated carbocycles. The Morgan fingerprint density at radius 2 is 0.692 bits per heavy atom. The van der Waals surface area contributed by atoms with E-state index < -0.39 is 0 Å². The first-order valence-corrected chi connectivity index (χ1v) is 18.6. The summed E-state index contributed by atoms with van der Waals surface area (Å²) in [6.07, 6.45) is 0. The van der Waals surface area contributed by atoms with Gasteiger partial charge in [0.1, 0.15) is 0 Å². The lowest BCUT2D eigenvalue weighted by Crippen LogP contribution is -2.14. The van der Waals surface area contributed by atoms with Crippen LogP contribution in [0.3, 0.4) is 0 Å². The lowest BCUT2D eigenvalue weighted by atomic mass is 9.82. The van der Waals surface area contributed by atoms with Crippen LogP contribution in [0.5, 0.6) is 0 Å². The van der Waals surface area contributed by atoms with E-state index in [0.717, 1.165) is 0 Å². The maximum Gasteiger partial charge on any atom is 0.0158 e. The smallest absolute Gasteiger partial charge is 0.0158 e. The molecular formula is C52H38. The Hall–Kier alpha value is -5.98. The molecule has 0 heterocycles. The van der Waals surface area contributed by atoms with Gasteiger partial charge in [-0.3, -0.25) is 0 Å². The van der Waals surface area contributed by atoms with Gasteiger partial charge in [0.05, 0.1) is 0 Å². The maximum absolute atomic E-state index is 2.44. The van der Waals surface area contributed by atoms with Crippen LogP contribution in [-0.4, -0.2) is 0 Å². The van der Waals surface area contributed by atoms with Crippen molar-refractivity contribution in [2.45, 2.75) is 38.5 Å². The van der Waals surface area contributed by atoms with E-state index in [0.29, 0.717) is 0 Å². The molecule has 11 rings (SSSR count). The molecule has 0 nitrogen and oxygen atoms in total. The lowest BCUT2D eigenvalue weighted by Gasteiger charge is -2.22. The zero-order chi connectivity index (χ0) is 34.9. The van der Waals surface area contributed by atoms with Crippen molar-refractivity contribution < 1.29 is 0 Å². The Bertz CT molecular complexity index is 2690. The van der Waals surface area contributed by atoms with Gasteiger partial charge in [0.25, 0.3) is 0 Å². The van der Waals surface area contributed by atoms with Crippen LogP contribution in [0.1, 0.15) is 49.9 Å². The van der Waals surface area contributed by atoms with Crippen molar-refractivity contribution in [1.82, 2.24) is 0 Å². The molecule has 0 amide bonds. The summed E-state index contributed by atoms with van der Waals surface area (Å²) in [4.78, 5) is 0. The third kappa shape index (κ3) is 3.93. The van der Waals surface area contributed by atoms with Gasteiger partial charge in [-0.25, -0.2) is 0 Å². The van der Waals surface area contributed by atoms with E-state index in [1.807, 2.05) is 0 Å². The second kappa shape index (κ2) is 10.3. The van der Waals surface area contributed by atoms with Gasteiger partial charge in [0.15, 0.2) is 0 Å². The van der Waals surface area contributed by atoms with Gasteiger partial charge in [0, 0.05) is 10.8 Å². The largest absolute Gasteiger partial charge is 0.0619 e. The van der Waals surface area contributed by atoms with Crippen LogP contribution in [0.4, 0.5) is 0 Å². The van der Waals surface area contributed by atoms with Gasteiger partial charge >= 0.3 is 0 Å². The van der Waals surface area contributed by atoms with Crippen molar-refractivity contribution in [1.29, 1.82) is 0 Å². The van der Waals surface area contributed by atoms with Crippen molar-refractivity contribution in [2.75, 3.05) is 0 Å². The normalized spacial score (nSPS) is 14.8. The van der Waals surface area contributed by atoms with Crippen molar-refractivity contribution in [3.05, 3.63) is 180 Å². The van der Waals surface area contributed by atoms with Crippen molar-refractivity contribution >= 4 is 10.8 Å². The molecule has 3 aliphatic carbocycles. The first-order valence-electron chi connectivity index (χ1n) is 18.6. The minimum Gasteiger partial charge on any atom is -0.0619 e. The molecule has 0 spiro atoms. The van der Waals surface area contributed by atoms with E-state index in [9.17, 15) is 0 Å². The van der Waals surface area contributed by atoms with Gasteiger partial charge in [-0.05, 0) is 141 Å². The Morgan fingerprint density at radius 1 is 0.269 bits per heavy atom. The van der Waals surface area contributed by atoms with Gasteiger partial charge in [-0.2, -0.15) is 0 Å². The quantitative estimate of drug-likeness (QED) is 0.177. The molecule has 0 aromatic heterocycles. The van der Waals surface area contributed by atoms with Crippen LogP contribution >= 0.6 is 0 Å². The van der Waals surface area contributed by atoms with E-state index in [2.05, 4.69) is 185 Å². The van der Waals surface area contributed by atoms with E-state index in [1.165, 1.54) is 111 Å². The molecular weight excluding hydrogens is 625 g/mol. The Balaban J connectivity index is 1.15. The van der Waals surface area contributed by atoms with Crippen LogP contribution in [0, 0.1) is 0 Å². The second-order valence-corrected chi connectivity index (χ2v) is 16.1. The maximum atomic E-state index is 2.44. The zero-order valence-corrected chi connectivity index (χ0v) is 30.0. The molecule has 8 aromatic rings. The van der Waals surface area contributed by atoms with Gasteiger partial charge in [-0.15, -0.1) is 0 Å². The predicted octanol–water partition coefficient (Wildman–Crippen LogP) is 14.1. The number of hydrogen-bond donors (Lipinski definition) is 0. The average Bonchev–Trinajstić information content (AvgIpc) is 3.72. The SMILES string of the molecule is CC1(C)c2ccccc2-c2cc(-c3cc(-c4ccc5c(c4)-c4ccccc4C5(C)C)cc(-c4ccc5c6c(cccc46)-c4ccccc4-5)c3)ccc21. The highest BCUT2D eigenvalue weighted by Gasteiger charge is 2.36. The highest BCUT2D eigenvalue weighted by atomic mass is 14.4. The Kier molecular flexibility index (Phi) is 5.89. The molecule has 0 heteroatoms. The highest BCUT2D eigenvalue weighted by Crippen LogP contribution is 2.53. The van der Waals surface area contributed by atoms with Crippen LogP contribution in [0.2, 0.25) is 0 Å². The second-order valence-electron chi connectivity index (χ2n) is 16.1. The summed E-state index contributed by atoms with van der Waals surface area (Å²) in [6, 6.07) is 59.9. The lowest BCUT2D eigenvalue weighted by molar-refractivity contribution is 0.660. The summed E-state index contributed by atoms with van der Waals surface area (Å²) in [6.45, 7) is 9.43. The third-order valence-corrected chi connectivity index (χ3v) is 12.6. The van der Waals surface area contributed by atoms with Crippen LogP contribution in [0.25, 0.3) is 88.7 Å². The molecule has 0 radical (unpaired) electrons. The first kappa shape index (κ1) is 29.7. The minimum absolute atomic E-state index is 0.0197. The molecule has 0 unspecified atom stereocenters. The molecule has 0 bridgehead atoms. The number of fused-ring (bicyclic) bond motifs is 9.